The van der Waals surface area contributed by atoms with E-state index in [9.17, 15) is 4.79 Å². The zero-order valence-electron chi connectivity index (χ0n) is 8.32. The summed E-state index contributed by atoms with van der Waals surface area (Å²) in [5, 5.41) is 0. The minimum atomic E-state index is 0.725. The van der Waals surface area contributed by atoms with Crippen molar-refractivity contribution in [1.29, 1.82) is 0 Å². The van der Waals surface area contributed by atoms with Crippen molar-refractivity contribution in [2.75, 3.05) is 18.0 Å². The lowest BCUT2D eigenvalue weighted by atomic mass is 10.2. The van der Waals surface area contributed by atoms with Gasteiger partial charge in [-0.05, 0) is 52.4 Å². The van der Waals surface area contributed by atoms with Crippen LogP contribution in [0.1, 0.15) is 16.8 Å². The van der Waals surface area contributed by atoms with Crippen LogP contribution in [0.2, 0.25) is 0 Å². The topological polar surface area (TPSA) is 20.3 Å². The molecule has 1 aliphatic heterocycles. The van der Waals surface area contributed by atoms with Crippen molar-refractivity contribution in [2.24, 2.45) is 11.8 Å². The fourth-order valence-electron chi connectivity index (χ4n) is 2.42. The maximum Gasteiger partial charge on any atom is 0.151 e. The molecule has 78 valence electrons. The van der Waals surface area contributed by atoms with Crippen molar-refractivity contribution >= 4 is 27.9 Å². The Bertz CT molecular complexity index is 408. The van der Waals surface area contributed by atoms with E-state index in [0.29, 0.717) is 0 Å². The largest absolute Gasteiger partial charge is 0.371 e. The molecule has 0 amide bonds. The van der Waals surface area contributed by atoms with Crippen molar-refractivity contribution in [3.05, 3.63) is 28.2 Å². The molecule has 1 aliphatic carbocycles. The van der Waals surface area contributed by atoms with Crippen LogP contribution in [0.25, 0.3) is 0 Å². The summed E-state index contributed by atoms with van der Waals surface area (Å²) in [6, 6.07) is 5.98. The first-order chi connectivity index (χ1) is 7.28. The highest BCUT2D eigenvalue weighted by Gasteiger charge is 2.45. The van der Waals surface area contributed by atoms with E-state index in [2.05, 4.69) is 26.9 Å². The molecule has 0 bridgehead atoms. The van der Waals surface area contributed by atoms with Gasteiger partial charge in [-0.25, -0.2) is 0 Å². The number of anilines is 1. The summed E-state index contributed by atoms with van der Waals surface area (Å²) in [4.78, 5) is 13.1. The van der Waals surface area contributed by atoms with Crippen molar-refractivity contribution in [2.45, 2.75) is 6.42 Å². The Morgan fingerprint density at radius 3 is 2.67 bits per heavy atom. The van der Waals surface area contributed by atoms with Crippen molar-refractivity contribution in [3.8, 4) is 0 Å². The van der Waals surface area contributed by atoms with Crippen LogP contribution in [0.5, 0.6) is 0 Å². The number of nitrogens with zero attached hydrogens (tertiary/aromatic N) is 1. The van der Waals surface area contributed by atoms with Gasteiger partial charge in [0.15, 0.2) is 6.29 Å². The highest BCUT2D eigenvalue weighted by atomic mass is 79.9. The Labute approximate surface area is 97.4 Å². The van der Waals surface area contributed by atoms with E-state index in [4.69, 9.17) is 0 Å². The first-order valence-electron chi connectivity index (χ1n) is 5.27. The number of carbonyl (C=O) groups is 1. The quantitative estimate of drug-likeness (QED) is 0.767. The molecule has 2 aliphatic rings. The lowest BCUT2D eigenvalue weighted by molar-refractivity contribution is 0.112. The fourth-order valence-corrected chi connectivity index (χ4v) is 2.88. The average molecular weight is 266 g/mol. The second kappa shape index (κ2) is 3.34. The maximum atomic E-state index is 10.7. The van der Waals surface area contributed by atoms with Gasteiger partial charge in [-0.2, -0.15) is 0 Å². The van der Waals surface area contributed by atoms with Gasteiger partial charge >= 0.3 is 0 Å². The third kappa shape index (κ3) is 1.59. The van der Waals surface area contributed by atoms with Gasteiger partial charge in [0.1, 0.15) is 0 Å². The molecule has 1 saturated carbocycles. The smallest absolute Gasteiger partial charge is 0.151 e. The van der Waals surface area contributed by atoms with Crippen molar-refractivity contribution in [3.63, 3.8) is 0 Å². The number of carbonyl (C=O) groups excluding carboxylic acids is 1. The average Bonchev–Trinajstić information content (AvgIpc) is 2.86. The van der Waals surface area contributed by atoms with Crippen LogP contribution < -0.4 is 4.90 Å². The third-order valence-corrected chi connectivity index (χ3v) is 4.14. The number of hydrogen-bond acceptors (Lipinski definition) is 2. The Morgan fingerprint density at radius 1 is 1.33 bits per heavy atom. The molecule has 2 fully saturated rings. The summed E-state index contributed by atoms with van der Waals surface area (Å²) in [5.74, 6) is 1.88. The summed E-state index contributed by atoms with van der Waals surface area (Å²) >= 11 is 3.42. The van der Waals surface area contributed by atoms with E-state index in [-0.39, 0.29) is 0 Å². The monoisotopic (exact) mass is 265 g/mol. The van der Waals surface area contributed by atoms with Gasteiger partial charge in [0.25, 0.3) is 0 Å². The number of fused-ring (bicyclic) bond motifs is 1. The van der Waals surface area contributed by atoms with E-state index in [0.717, 1.165) is 28.2 Å². The van der Waals surface area contributed by atoms with E-state index >= 15 is 0 Å². The Morgan fingerprint density at radius 2 is 2.07 bits per heavy atom. The van der Waals surface area contributed by atoms with Gasteiger partial charge in [-0.3, -0.25) is 4.79 Å². The predicted octanol–water partition coefficient (Wildman–Crippen LogP) is 2.72. The molecule has 3 rings (SSSR count). The third-order valence-electron chi connectivity index (χ3n) is 3.45. The van der Waals surface area contributed by atoms with Gasteiger partial charge < -0.3 is 4.90 Å². The van der Waals surface area contributed by atoms with Crippen LogP contribution >= 0.6 is 15.9 Å². The number of aldehydes is 1. The van der Waals surface area contributed by atoms with Crippen LogP contribution in [0.3, 0.4) is 0 Å². The van der Waals surface area contributed by atoms with Crippen LogP contribution in [0.15, 0.2) is 22.7 Å². The minimum absolute atomic E-state index is 0.725. The molecule has 3 heteroatoms. The number of hydrogen-bond donors (Lipinski definition) is 0. The van der Waals surface area contributed by atoms with Crippen LogP contribution in [-0.2, 0) is 0 Å². The van der Waals surface area contributed by atoms with Gasteiger partial charge in [0, 0.05) is 28.8 Å². The second-order valence-electron chi connectivity index (χ2n) is 4.48. The molecule has 0 spiro atoms. The van der Waals surface area contributed by atoms with Gasteiger partial charge in [0.05, 0.1) is 0 Å². The zero-order valence-corrected chi connectivity index (χ0v) is 9.90. The highest BCUT2D eigenvalue weighted by molar-refractivity contribution is 9.10. The minimum Gasteiger partial charge on any atom is -0.371 e. The molecule has 1 heterocycles. The Kier molecular flexibility index (Phi) is 2.09. The summed E-state index contributed by atoms with van der Waals surface area (Å²) in [7, 11) is 0. The molecular formula is C12H12BrNO. The molecule has 2 atom stereocenters. The zero-order chi connectivity index (χ0) is 10.4. The van der Waals surface area contributed by atoms with Crippen molar-refractivity contribution in [1.82, 2.24) is 0 Å². The Hall–Kier alpha value is -0.830. The number of benzene rings is 1. The molecule has 1 aromatic carbocycles. The number of rotatable bonds is 2. The van der Waals surface area contributed by atoms with Crippen LogP contribution in [0.4, 0.5) is 5.69 Å². The lowest BCUT2D eigenvalue weighted by Crippen LogP contribution is -2.21. The summed E-state index contributed by atoms with van der Waals surface area (Å²) in [6.07, 6.45) is 2.30. The fraction of sp³-hybridized carbons (Fsp3) is 0.417. The Balaban J connectivity index is 1.86. The summed E-state index contributed by atoms with van der Waals surface area (Å²) < 4.78 is 0.899. The van der Waals surface area contributed by atoms with Gasteiger partial charge in [-0.15, -0.1) is 0 Å². The van der Waals surface area contributed by atoms with Crippen LogP contribution in [-0.4, -0.2) is 19.4 Å². The van der Waals surface area contributed by atoms with Crippen LogP contribution in [0, 0.1) is 11.8 Å². The highest BCUT2D eigenvalue weighted by Crippen LogP contribution is 2.46. The molecule has 0 N–H and O–H groups in total. The van der Waals surface area contributed by atoms with Gasteiger partial charge in [0.2, 0.25) is 0 Å². The first kappa shape index (κ1) is 9.40. The number of piperidine rings is 1. The molecule has 1 aromatic rings. The molecule has 15 heavy (non-hydrogen) atoms. The number of halogens is 1. The molecule has 2 nitrogen and oxygen atoms in total. The SMILES string of the molecule is O=Cc1ccc(N2CC3CC3C2)cc1Br. The molecule has 0 radical (unpaired) electrons. The van der Waals surface area contributed by atoms with Crippen molar-refractivity contribution < 1.29 is 4.79 Å². The molecule has 0 aromatic heterocycles. The predicted molar refractivity (Wildman–Crippen MR) is 63.3 cm³/mol. The van der Waals surface area contributed by atoms with E-state index in [1.165, 1.54) is 25.2 Å². The molecule has 2 unspecified atom stereocenters. The summed E-state index contributed by atoms with van der Waals surface area (Å²) in [6.45, 7) is 2.38. The van der Waals surface area contributed by atoms with E-state index in [1.807, 2.05) is 12.1 Å². The van der Waals surface area contributed by atoms with E-state index in [1.54, 1.807) is 0 Å². The normalized spacial score (nSPS) is 27.7. The molecule has 1 saturated heterocycles. The maximum absolute atomic E-state index is 10.7. The van der Waals surface area contributed by atoms with E-state index < -0.39 is 0 Å². The second-order valence-corrected chi connectivity index (χ2v) is 5.34. The lowest BCUT2D eigenvalue weighted by Gasteiger charge is -2.20. The van der Waals surface area contributed by atoms with Gasteiger partial charge in [-0.1, -0.05) is 0 Å². The first-order valence-corrected chi connectivity index (χ1v) is 6.07. The summed E-state index contributed by atoms with van der Waals surface area (Å²) in [5.41, 5.74) is 1.96. The standard InChI is InChI=1S/C12H12BrNO/c13-12-4-11(2-1-8(12)7-15)14-5-9-3-10(9)6-14/h1-2,4,7,9-10H,3,5-6H2. The molecular weight excluding hydrogens is 254 g/mol.